The molecule has 1 unspecified atom stereocenters. The SMILES string of the molecule is CC(Cc1cccnc1)NC(=O)Nc1ccc(C2CCC2)cn1. The summed E-state index contributed by atoms with van der Waals surface area (Å²) in [7, 11) is 0. The van der Waals surface area contributed by atoms with Crippen molar-refractivity contribution in [2.24, 2.45) is 0 Å². The lowest BCUT2D eigenvalue weighted by atomic mass is 9.81. The second-order valence-corrected chi connectivity index (χ2v) is 6.17. The van der Waals surface area contributed by atoms with Crippen molar-refractivity contribution in [3.05, 3.63) is 54.0 Å². The van der Waals surface area contributed by atoms with Gasteiger partial charge in [-0.1, -0.05) is 18.6 Å². The van der Waals surface area contributed by atoms with Crippen molar-refractivity contribution >= 4 is 11.8 Å². The molecule has 5 heteroatoms. The van der Waals surface area contributed by atoms with Gasteiger partial charge >= 0.3 is 6.03 Å². The number of amides is 2. The van der Waals surface area contributed by atoms with Gasteiger partial charge in [-0.05, 0) is 55.4 Å². The third-order valence-corrected chi connectivity index (χ3v) is 4.25. The number of carbonyl (C=O) groups excluding carboxylic acids is 1. The molecule has 1 aliphatic carbocycles. The smallest absolute Gasteiger partial charge is 0.320 e. The van der Waals surface area contributed by atoms with Crippen molar-refractivity contribution in [3.63, 3.8) is 0 Å². The average molecular weight is 310 g/mol. The van der Waals surface area contributed by atoms with Crippen LogP contribution < -0.4 is 10.6 Å². The first-order valence-electron chi connectivity index (χ1n) is 8.13. The highest BCUT2D eigenvalue weighted by Gasteiger charge is 2.19. The maximum atomic E-state index is 12.0. The Balaban J connectivity index is 1.48. The summed E-state index contributed by atoms with van der Waals surface area (Å²) in [6.07, 6.45) is 9.99. The first-order chi connectivity index (χ1) is 11.2. The summed E-state index contributed by atoms with van der Waals surface area (Å²) in [5.41, 5.74) is 2.37. The molecule has 2 aromatic rings. The van der Waals surface area contributed by atoms with Gasteiger partial charge < -0.3 is 5.32 Å². The summed E-state index contributed by atoms with van der Waals surface area (Å²) in [6.45, 7) is 1.97. The van der Waals surface area contributed by atoms with E-state index in [1.165, 1.54) is 24.8 Å². The van der Waals surface area contributed by atoms with Crippen LogP contribution in [0.3, 0.4) is 0 Å². The fourth-order valence-electron chi connectivity index (χ4n) is 2.76. The quantitative estimate of drug-likeness (QED) is 0.888. The Morgan fingerprint density at radius 3 is 2.78 bits per heavy atom. The Morgan fingerprint density at radius 1 is 1.30 bits per heavy atom. The summed E-state index contributed by atoms with van der Waals surface area (Å²) in [5, 5.41) is 5.70. The minimum absolute atomic E-state index is 0.0217. The van der Waals surface area contributed by atoms with Crippen LogP contribution in [0, 0.1) is 0 Å². The lowest BCUT2D eigenvalue weighted by molar-refractivity contribution is 0.249. The average Bonchev–Trinajstić information content (AvgIpc) is 2.48. The first kappa shape index (κ1) is 15.5. The minimum Gasteiger partial charge on any atom is -0.335 e. The fraction of sp³-hybridized carbons (Fsp3) is 0.389. The Labute approximate surface area is 136 Å². The van der Waals surface area contributed by atoms with Gasteiger partial charge in [-0.2, -0.15) is 0 Å². The zero-order valence-electron chi connectivity index (χ0n) is 13.3. The highest BCUT2D eigenvalue weighted by atomic mass is 16.2. The number of pyridine rings is 2. The molecule has 0 bridgehead atoms. The Kier molecular flexibility index (Phi) is 4.86. The van der Waals surface area contributed by atoms with E-state index < -0.39 is 0 Å². The summed E-state index contributed by atoms with van der Waals surface area (Å²) in [5.74, 6) is 1.24. The summed E-state index contributed by atoms with van der Waals surface area (Å²) < 4.78 is 0. The predicted octanol–water partition coefficient (Wildman–Crippen LogP) is 3.50. The largest absolute Gasteiger partial charge is 0.335 e. The summed E-state index contributed by atoms with van der Waals surface area (Å²) >= 11 is 0. The molecule has 2 amide bonds. The van der Waals surface area contributed by atoms with Gasteiger partial charge in [-0.15, -0.1) is 0 Å². The monoisotopic (exact) mass is 310 g/mol. The van der Waals surface area contributed by atoms with Gasteiger partial charge in [0.1, 0.15) is 5.82 Å². The van der Waals surface area contributed by atoms with E-state index >= 15 is 0 Å². The van der Waals surface area contributed by atoms with Gasteiger partial charge in [-0.3, -0.25) is 10.3 Å². The maximum absolute atomic E-state index is 12.0. The number of nitrogens with zero attached hydrogens (tertiary/aromatic N) is 2. The number of aromatic nitrogens is 2. The van der Waals surface area contributed by atoms with E-state index in [1.54, 1.807) is 6.20 Å². The molecule has 0 saturated heterocycles. The van der Waals surface area contributed by atoms with Gasteiger partial charge in [0.2, 0.25) is 0 Å². The number of hydrogen-bond acceptors (Lipinski definition) is 3. The molecule has 0 spiro atoms. The predicted molar refractivity (Wildman–Crippen MR) is 90.4 cm³/mol. The zero-order valence-corrected chi connectivity index (χ0v) is 13.3. The van der Waals surface area contributed by atoms with Gasteiger partial charge in [-0.25, -0.2) is 9.78 Å². The number of rotatable bonds is 5. The number of carbonyl (C=O) groups is 1. The van der Waals surface area contributed by atoms with E-state index in [2.05, 4.69) is 26.7 Å². The van der Waals surface area contributed by atoms with Crippen LogP contribution in [0.25, 0.3) is 0 Å². The number of urea groups is 1. The first-order valence-corrected chi connectivity index (χ1v) is 8.13. The van der Waals surface area contributed by atoms with E-state index in [1.807, 2.05) is 37.5 Å². The molecule has 1 atom stereocenters. The van der Waals surface area contributed by atoms with Crippen LogP contribution in [-0.4, -0.2) is 22.0 Å². The zero-order chi connectivity index (χ0) is 16.1. The Bertz CT molecular complexity index is 638. The van der Waals surface area contributed by atoms with Gasteiger partial charge in [0, 0.05) is 24.6 Å². The van der Waals surface area contributed by atoms with E-state index in [0.29, 0.717) is 11.7 Å². The second-order valence-electron chi connectivity index (χ2n) is 6.17. The van der Waals surface area contributed by atoms with Crippen LogP contribution >= 0.6 is 0 Å². The third-order valence-electron chi connectivity index (χ3n) is 4.25. The molecular weight excluding hydrogens is 288 g/mol. The lowest BCUT2D eigenvalue weighted by Crippen LogP contribution is -2.37. The van der Waals surface area contributed by atoms with Crippen LogP contribution in [-0.2, 0) is 6.42 Å². The topological polar surface area (TPSA) is 66.9 Å². The minimum atomic E-state index is -0.231. The Morgan fingerprint density at radius 2 is 2.17 bits per heavy atom. The van der Waals surface area contributed by atoms with Crippen molar-refractivity contribution < 1.29 is 4.79 Å². The van der Waals surface area contributed by atoms with E-state index in [-0.39, 0.29) is 12.1 Å². The molecule has 23 heavy (non-hydrogen) atoms. The Hall–Kier alpha value is -2.43. The maximum Gasteiger partial charge on any atom is 0.320 e. The molecule has 2 N–H and O–H groups in total. The molecule has 0 aromatic carbocycles. The molecular formula is C18H22N4O. The molecule has 1 aliphatic rings. The van der Waals surface area contributed by atoms with E-state index in [9.17, 15) is 4.79 Å². The molecule has 120 valence electrons. The molecule has 0 aliphatic heterocycles. The summed E-state index contributed by atoms with van der Waals surface area (Å²) in [4.78, 5) is 20.4. The van der Waals surface area contributed by atoms with Crippen molar-refractivity contribution in [1.82, 2.24) is 15.3 Å². The van der Waals surface area contributed by atoms with Gasteiger partial charge in [0.25, 0.3) is 0 Å². The normalized spacial score (nSPS) is 15.5. The number of hydrogen-bond donors (Lipinski definition) is 2. The van der Waals surface area contributed by atoms with Crippen molar-refractivity contribution in [3.8, 4) is 0 Å². The second kappa shape index (κ2) is 7.22. The molecule has 2 heterocycles. The molecule has 1 saturated carbocycles. The lowest BCUT2D eigenvalue weighted by Gasteiger charge is -2.25. The van der Waals surface area contributed by atoms with Gasteiger partial charge in [0.05, 0.1) is 0 Å². The number of nitrogens with one attached hydrogen (secondary N) is 2. The standard InChI is InChI=1S/C18H22N4O/c1-13(10-14-4-3-9-19-11-14)21-18(23)22-17-8-7-16(12-20-17)15-5-2-6-15/h3-4,7-9,11-13,15H,2,5-6,10H2,1H3,(H2,20,21,22,23). The molecule has 2 aromatic heterocycles. The summed E-state index contributed by atoms with van der Waals surface area (Å²) in [6, 6.07) is 7.63. The van der Waals surface area contributed by atoms with Crippen molar-refractivity contribution in [2.45, 2.75) is 44.6 Å². The number of anilines is 1. The van der Waals surface area contributed by atoms with Crippen LogP contribution in [0.2, 0.25) is 0 Å². The van der Waals surface area contributed by atoms with Crippen LogP contribution in [0.5, 0.6) is 0 Å². The molecule has 1 fully saturated rings. The van der Waals surface area contributed by atoms with Gasteiger partial charge in [0.15, 0.2) is 0 Å². The third kappa shape index (κ3) is 4.28. The molecule has 3 rings (SSSR count). The fourth-order valence-corrected chi connectivity index (χ4v) is 2.76. The highest BCUT2D eigenvalue weighted by molar-refractivity contribution is 5.88. The van der Waals surface area contributed by atoms with Crippen molar-refractivity contribution in [1.29, 1.82) is 0 Å². The van der Waals surface area contributed by atoms with E-state index in [0.717, 1.165) is 12.0 Å². The molecule has 5 nitrogen and oxygen atoms in total. The molecule has 0 radical (unpaired) electrons. The van der Waals surface area contributed by atoms with Crippen LogP contribution in [0.1, 0.15) is 43.2 Å². The van der Waals surface area contributed by atoms with Crippen LogP contribution in [0.4, 0.5) is 10.6 Å². The van der Waals surface area contributed by atoms with Crippen molar-refractivity contribution in [2.75, 3.05) is 5.32 Å². The van der Waals surface area contributed by atoms with Crippen LogP contribution in [0.15, 0.2) is 42.9 Å². The highest BCUT2D eigenvalue weighted by Crippen LogP contribution is 2.35. The van der Waals surface area contributed by atoms with E-state index in [4.69, 9.17) is 0 Å².